The van der Waals surface area contributed by atoms with Crippen molar-refractivity contribution in [2.24, 2.45) is 5.14 Å². The lowest BCUT2D eigenvalue weighted by molar-refractivity contribution is 0.597. The van der Waals surface area contributed by atoms with Crippen molar-refractivity contribution in [1.82, 2.24) is 10.2 Å². The number of aromatic amines is 1. The van der Waals surface area contributed by atoms with Crippen molar-refractivity contribution >= 4 is 27.3 Å². The summed E-state index contributed by atoms with van der Waals surface area (Å²) in [4.78, 5) is 11.3. The minimum absolute atomic E-state index is 0.0378. The molecule has 0 aliphatic rings. The van der Waals surface area contributed by atoms with E-state index in [2.05, 4.69) is 15.5 Å². The van der Waals surface area contributed by atoms with Crippen LogP contribution in [0.2, 0.25) is 5.02 Å². The second-order valence-electron chi connectivity index (χ2n) is 4.40. The van der Waals surface area contributed by atoms with Gasteiger partial charge in [-0.3, -0.25) is 4.79 Å². The number of benzene rings is 1. The molecule has 1 aromatic heterocycles. The second kappa shape index (κ2) is 6.25. The quantitative estimate of drug-likeness (QED) is 0.751. The van der Waals surface area contributed by atoms with Gasteiger partial charge in [0.1, 0.15) is 5.02 Å². The largest absolute Gasteiger partial charge is 0.378 e. The van der Waals surface area contributed by atoms with Gasteiger partial charge in [0, 0.05) is 6.54 Å². The summed E-state index contributed by atoms with van der Waals surface area (Å²) < 4.78 is 22.0. The first-order valence-corrected chi connectivity index (χ1v) is 8.00. The average Bonchev–Trinajstić information content (AvgIpc) is 2.40. The van der Waals surface area contributed by atoms with Crippen LogP contribution in [0.5, 0.6) is 0 Å². The molecule has 2 rings (SSSR count). The number of rotatable bonds is 5. The van der Waals surface area contributed by atoms with Gasteiger partial charge in [0.15, 0.2) is 0 Å². The summed E-state index contributed by atoms with van der Waals surface area (Å²) in [5, 5.41) is 13.9. The van der Waals surface area contributed by atoms with Gasteiger partial charge in [-0.1, -0.05) is 35.9 Å². The van der Waals surface area contributed by atoms with Crippen LogP contribution >= 0.6 is 11.6 Å². The normalized spacial score (nSPS) is 11.3. The SMILES string of the molecule is NS(=O)(=O)Cc1ccc(CNc2cn[nH]c(=O)c2Cl)cc1. The first kappa shape index (κ1) is 15.5. The molecule has 0 radical (unpaired) electrons. The van der Waals surface area contributed by atoms with Gasteiger partial charge in [-0.15, -0.1) is 0 Å². The van der Waals surface area contributed by atoms with E-state index in [1.807, 2.05) is 0 Å². The number of anilines is 1. The van der Waals surface area contributed by atoms with E-state index in [1.165, 1.54) is 6.20 Å². The number of primary sulfonamides is 1. The molecule has 9 heteroatoms. The first-order valence-electron chi connectivity index (χ1n) is 5.90. The van der Waals surface area contributed by atoms with Crippen molar-refractivity contribution in [2.45, 2.75) is 12.3 Å². The Hall–Kier alpha value is -1.90. The van der Waals surface area contributed by atoms with Crippen molar-refractivity contribution < 1.29 is 8.42 Å². The minimum atomic E-state index is -3.54. The lowest BCUT2D eigenvalue weighted by atomic mass is 10.1. The van der Waals surface area contributed by atoms with E-state index in [9.17, 15) is 13.2 Å². The molecule has 4 N–H and O–H groups in total. The molecular formula is C12H13ClN4O3S. The Bertz CT molecular complexity index is 787. The van der Waals surface area contributed by atoms with E-state index in [1.54, 1.807) is 24.3 Å². The summed E-state index contributed by atoms with van der Waals surface area (Å²) in [6.45, 7) is 0.417. The lowest BCUT2D eigenvalue weighted by Crippen LogP contribution is -2.14. The first-order chi connectivity index (χ1) is 9.85. The predicted molar refractivity (Wildman–Crippen MR) is 80.4 cm³/mol. The Balaban J connectivity index is 2.04. The molecule has 1 heterocycles. The number of sulfonamides is 1. The molecule has 112 valence electrons. The molecule has 7 nitrogen and oxygen atoms in total. The zero-order valence-corrected chi connectivity index (χ0v) is 12.4. The van der Waals surface area contributed by atoms with Gasteiger partial charge < -0.3 is 5.32 Å². The monoisotopic (exact) mass is 328 g/mol. The number of hydrogen-bond acceptors (Lipinski definition) is 5. The van der Waals surface area contributed by atoms with Crippen molar-refractivity contribution in [3.63, 3.8) is 0 Å². The molecule has 0 spiro atoms. The van der Waals surface area contributed by atoms with Crippen LogP contribution in [0.3, 0.4) is 0 Å². The number of nitrogens with zero attached hydrogens (tertiary/aromatic N) is 1. The van der Waals surface area contributed by atoms with Crippen LogP contribution in [0.25, 0.3) is 0 Å². The smallest absolute Gasteiger partial charge is 0.285 e. The highest BCUT2D eigenvalue weighted by molar-refractivity contribution is 7.88. The molecule has 0 bridgehead atoms. The summed E-state index contributed by atoms with van der Waals surface area (Å²) in [6, 6.07) is 6.89. The van der Waals surface area contributed by atoms with Gasteiger partial charge in [0.25, 0.3) is 5.56 Å². The molecule has 0 aliphatic carbocycles. The van der Waals surface area contributed by atoms with Crippen LogP contribution in [0.4, 0.5) is 5.69 Å². The Morgan fingerprint density at radius 3 is 2.48 bits per heavy atom. The third kappa shape index (κ3) is 4.55. The van der Waals surface area contributed by atoms with E-state index in [0.717, 1.165) is 5.56 Å². The molecule has 1 aromatic carbocycles. The molecular weight excluding hydrogens is 316 g/mol. The van der Waals surface area contributed by atoms with Crippen LogP contribution in [0.1, 0.15) is 11.1 Å². The molecule has 0 saturated carbocycles. The average molecular weight is 329 g/mol. The van der Waals surface area contributed by atoms with Crippen LogP contribution in [0.15, 0.2) is 35.3 Å². The predicted octanol–water partition coefficient (Wildman–Crippen LogP) is 0.824. The fraction of sp³-hybridized carbons (Fsp3) is 0.167. The Morgan fingerprint density at radius 2 is 1.86 bits per heavy atom. The molecule has 0 unspecified atom stereocenters. The number of hydrogen-bond donors (Lipinski definition) is 3. The highest BCUT2D eigenvalue weighted by atomic mass is 35.5. The lowest BCUT2D eigenvalue weighted by Gasteiger charge is -2.07. The molecule has 0 amide bonds. The van der Waals surface area contributed by atoms with Gasteiger partial charge in [-0.05, 0) is 11.1 Å². The van der Waals surface area contributed by atoms with E-state index >= 15 is 0 Å². The van der Waals surface area contributed by atoms with Gasteiger partial charge in [0.2, 0.25) is 10.0 Å². The van der Waals surface area contributed by atoms with E-state index in [4.69, 9.17) is 16.7 Å². The number of nitrogens with two attached hydrogens (primary N) is 1. The van der Waals surface area contributed by atoms with Crippen LogP contribution in [-0.2, 0) is 22.3 Å². The van der Waals surface area contributed by atoms with Crippen LogP contribution in [-0.4, -0.2) is 18.6 Å². The van der Waals surface area contributed by atoms with Crippen molar-refractivity contribution in [3.05, 3.63) is 57.0 Å². The van der Waals surface area contributed by atoms with Crippen molar-refractivity contribution in [2.75, 3.05) is 5.32 Å². The Labute approximate surface area is 126 Å². The number of aromatic nitrogens is 2. The molecule has 0 saturated heterocycles. The standard InChI is InChI=1S/C12H13ClN4O3S/c13-11-10(6-16-17-12(11)18)15-5-8-1-3-9(4-2-8)7-21(14,19)20/h1-4,6H,5,7H2,(H2,14,19,20)(H2,15,17,18). The molecule has 0 fully saturated rings. The second-order valence-corrected chi connectivity index (χ2v) is 6.40. The highest BCUT2D eigenvalue weighted by Crippen LogP contribution is 2.16. The van der Waals surface area contributed by atoms with Gasteiger partial charge >= 0.3 is 0 Å². The van der Waals surface area contributed by atoms with Crippen LogP contribution in [0, 0.1) is 0 Å². The summed E-state index contributed by atoms with van der Waals surface area (Å²) in [5.74, 6) is -0.204. The van der Waals surface area contributed by atoms with Gasteiger partial charge in [-0.25, -0.2) is 18.7 Å². The summed E-state index contributed by atoms with van der Waals surface area (Å²) >= 11 is 5.83. The van der Waals surface area contributed by atoms with Gasteiger partial charge in [0.05, 0.1) is 17.6 Å². The van der Waals surface area contributed by atoms with Crippen molar-refractivity contribution in [1.29, 1.82) is 0 Å². The molecule has 0 atom stereocenters. The van der Waals surface area contributed by atoms with Crippen LogP contribution < -0.4 is 16.0 Å². The van der Waals surface area contributed by atoms with Gasteiger partial charge in [-0.2, -0.15) is 5.10 Å². The number of H-pyrrole nitrogens is 1. The fourth-order valence-electron chi connectivity index (χ4n) is 1.69. The number of nitrogens with one attached hydrogen (secondary N) is 2. The highest BCUT2D eigenvalue weighted by Gasteiger charge is 2.06. The van der Waals surface area contributed by atoms with E-state index < -0.39 is 15.6 Å². The molecule has 0 aliphatic heterocycles. The maximum atomic E-state index is 11.3. The van der Waals surface area contributed by atoms with E-state index in [0.29, 0.717) is 17.8 Å². The molecule has 2 aromatic rings. The molecule has 21 heavy (non-hydrogen) atoms. The number of halogens is 1. The Morgan fingerprint density at radius 1 is 1.24 bits per heavy atom. The van der Waals surface area contributed by atoms with E-state index in [-0.39, 0.29) is 10.8 Å². The zero-order chi connectivity index (χ0) is 15.5. The Kier molecular flexibility index (Phi) is 4.61. The fourth-order valence-corrected chi connectivity index (χ4v) is 2.50. The zero-order valence-electron chi connectivity index (χ0n) is 10.8. The summed E-state index contributed by atoms with van der Waals surface area (Å²) in [5.41, 5.74) is 1.46. The van der Waals surface area contributed by atoms with Crippen molar-refractivity contribution in [3.8, 4) is 0 Å². The third-order valence-electron chi connectivity index (χ3n) is 2.67. The summed E-state index contributed by atoms with van der Waals surface area (Å²) in [6.07, 6.45) is 1.42. The maximum Gasteiger partial charge on any atom is 0.285 e. The minimum Gasteiger partial charge on any atom is -0.378 e. The topological polar surface area (TPSA) is 118 Å². The maximum absolute atomic E-state index is 11.3. The summed E-state index contributed by atoms with van der Waals surface area (Å²) in [7, 11) is -3.54. The third-order valence-corrected chi connectivity index (χ3v) is 3.78.